The Morgan fingerprint density at radius 2 is 2.00 bits per heavy atom. The van der Waals surface area contributed by atoms with Gasteiger partial charge in [0.1, 0.15) is 5.75 Å². The Morgan fingerprint density at radius 3 is 2.69 bits per heavy atom. The Balaban J connectivity index is 1.74. The van der Waals surface area contributed by atoms with Gasteiger partial charge >= 0.3 is 0 Å². The van der Waals surface area contributed by atoms with Gasteiger partial charge in [-0.05, 0) is 54.7 Å². The summed E-state index contributed by atoms with van der Waals surface area (Å²) in [5, 5.41) is 6.65. The average molecular weight is 431 g/mol. The van der Waals surface area contributed by atoms with Crippen molar-refractivity contribution in [1.29, 1.82) is 0 Å². The number of nitrogens with zero attached hydrogens (tertiary/aromatic N) is 2. The van der Waals surface area contributed by atoms with Crippen LogP contribution in [-0.2, 0) is 9.59 Å². The number of hydrazone groups is 1. The van der Waals surface area contributed by atoms with Crippen molar-refractivity contribution in [3.8, 4) is 5.75 Å². The summed E-state index contributed by atoms with van der Waals surface area (Å²) >= 11 is 11.0. The molecular weight excluding hydrogens is 416 g/mol. The molecule has 0 saturated carbocycles. The molecule has 0 unspecified atom stereocenters. The molecule has 1 fully saturated rings. The van der Waals surface area contributed by atoms with E-state index in [9.17, 15) is 14.4 Å². The molecule has 3 amide bonds. The van der Waals surface area contributed by atoms with E-state index < -0.39 is 23.6 Å². The maximum Gasteiger partial charge on any atom is 0.271 e. The van der Waals surface area contributed by atoms with E-state index in [4.69, 9.17) is 28.6 Å². The minimum Gasteiger partial charge on any atom is -0.497 e. The second-order valence-electron chi connectivity index (χ2n) is 5.87. The Morgan fingerprint density at radius 1 is 1.28 bits per heavy atom. The van der Waals surface area contributed by atoms with Crippen LogP contribution >= 0.6 is 23.8 Å². The lowest BCUT2D eigenvalue weighted by Crippen LogP contribution is -2.58. The van der Waals surface area contributed by atoms with Gasteiger partial charge in [-0.3, -0.25) is 19.3 Å². The van der Waals surface area contributed by atoms with Crippen LogP contribution < -0.4 is 20.4 Å². The molecule has 1 aliphatic rings. The number of halogens is 1. The molecule has 3 rings (SSSR count). The number of carbonyl (C=O) groups is 3. The van der Waals surface area contributed by atoms with Gasteiger partial charge in [0.2, 0.25) is 5.91 Å². The fourth-order valence-corrected chi connectivity index (χ4v) is 2.98. The molecule has 1 saturated heterocycles. The van der Waals surface area contributed by atoms with Gasteiger partial charge in [-0.1, -0.05) is 17.7 Å². The van der Waals surface area contributed by atoms with E-state index in [1.54, 1.807) is 42.5 Å². The molecular formula is C19H15ClN4O4S. The van der Waals surface area contributed by atoms with Crippen LogP contribution in [0.3, 0.4) is 0 Å². The van der Waals surface area contributed by atoms with Gasteiger partial charge in [0.15, 0.2) is 11.0 Å². The van der Waals surface area contributed by atoms with Crippen molar-refractivity contribution in [2.24, 2.45) is 11.0 Å². The van der Waals surface area contributed by atoms with E-state index in [0.29, 0.717) is 22.0 Å². The highest BCUT2D eigenvalue weighted by Gasteiger charge is 2.38. The first-order valence-electron chi connectivity index (χ1n) is 8.32. The molecule has 8 nitrogen and oxygen atoms in total. The Labute approximate surface area is 176 Å². The topological polar surface area (TPSA) is 100 Å². The van der Waals surface area contributed by atoms with Gasteiger partial charge in [-0.2, -0.15) is 5.10 Å². The molecule has 0 spiro atoms. The molecule has 1 aliphatic heterocycles. The van der Waals surface area contributed by atoms with Crippen LogP contribution in [0.4, 0.5) is 5.69 Å². The van der Waals surface area contributed by atoms with Crippen LogP contribution in [0.15, 0.2) is 53.6 Å². The molecule has 2 N–H and O–H groups in total. The van der Waals surface area contributed by atoms with Crippen LogP contribution in [0, 0.1) is 5.92 Å². The molecule has 10 heteroatoms. The number of hydrogen-bond acceptors (Lipinski definition) is 6. The van der Waals surface area contributed by atoms with E-state index >= 15 is 0 Å². The number of ether oxygens (including phenoxy) is 1. The minimum atomic E-state index is -1.26. The van der Waals surface area contributed by atoms with Gasteiger partial charge < -0.3 is 10.1 Å². The molecule has 0 aliphatic carbocycles. The molecule has 0 aromatic heterocycles. The van der Waals surface area contributed by atoms with Crippen molar-refractivity contribution in [3.63, 3.8) is 0 Å². The molecule has 2 aromatic carbocycles. The third kappa shape index (κ3) is 4.58. The fourth-order valence-electron chi connectivity index (χ4n) is 2.56. The Hall–Kier alpha value is -3.30. The lowest BCUT2D eigenvalue weighted by atomic mass is 10.1. The number of benzene rings is 2. The lowest BCUT2D eigenvalue weighted by Gasteiger charge is -2.30. The van der Waals surface area contributed by atoms with Crippen molar-refractivity contribution < 1.29 is 19.1 Å². The summed E-state index contributed by atoms with van der Waals surface area (Å²) < 4.78 is 5.06. The highest BCUT2D eigenvalue weighted by Crippen LogP contribution is 2.22. The van der Waals surface area contributed by atoms with E-state index in [1.807, 2.05) is 0 Å². The fraction of sp³-hybridized carbons (Fsp3) is 0.105. The Bertz CT molecular complexity index is 1010. The maximum absolute atomic E-state index is 12.8. The van der Waals surface area contributed by atoms with E-state index in [-0.39, 0.29) is 5.11 Å². The summed E-state index contributed by atoms with van der Waals surface area (Å²) in [5.74, 6) is -2.50. The summed E-state index contributed by atoms with van der Waals surface area (Å²) in [5.41, 5.74) is 3.04. The first-order chi connectivity index (χ1) is 13.9. The first-order valence-corrected chi connectivity index (χ1v) is 9.11. The predicted molar refractivity (Wildman–Crippen MR) is 112 cm³/mol. The number of thiocarbonyl (C=S) groups is 1. The molecule has 148 valence electrons. The van der Waals surface area contributed by atoms with Crippen molar-refractivity contribution in [2.75, 3.05) is 12.0 Å². The van der Waals surface area contributed by atoms with Crippen LogP contribution in [0.25, 0.3) is 0 Å². The molecule has 2 aromatic rings. The highest BCUT2D eigenvalue weighted by molar-refractivity contribution is 7.80. The monoisotopic (exact) mass is 430 g/mol. The number of carbonyl (C=O) groups excluding carboxylic acids is 3. The van der Waals surface area contributed by atoms with E-state index in [1.165, 1.54) is 18.1 Å². The number of anilines is 1. The zero-order valence-electron chi connectivity index (χ0n) is 15.1. The van der Waals surface area contributed by atoms with Crippen molar-refractivity contribution in [1.82, 2.24) is 10.7 Å². The van der Waals surface area contributed by atoms with Gasteiger partial charge in [0, 0.05) is 16.8 Å². The van der Waals surface area contributed by atoms with Crippen molar-refractivity contribution in [2.45, 2.75) is 0 Å². The van der Waals surface area contributed by atoms with Crippen LogP contribution in [0.1, 0.15) is 10.4 Å². The maximum atomic E-state index is 12.8. The standard InChI is InChI=1S/C19H15ClN4O4S/c1-28-14-4-2-3-11(9-14)16(25)23-21-10-15-17(26)22-19(29)24(18(15)27)13-7-5-12(20)6-8-13/h2-10,15H,1H3,(H,23,25)(H,22,26,29)/b21-10-/t15-/m0/s1. The molecule has 1 heterocycles. The summed E-state index contributed by atoms with van der Waals surface area (Å²) in [4.78, 5) is 38.3. The van der Waals surface area contributed by atoms with Crippen molar-refractivity contribution in [3.05, 3.63) is 59.1 Å². The number of hydrogen-bond donors (Lipinski definition) is 2. The molecule has 0 bridgehead atoms. The van der Waals surface area contributed by atoms with E-state index in [0.717, 1.165) is 6.21 Å². The Kier molecular flexibility index (Phi) is 6.20. The van der Waals surface area contributed by atoms with Crippen molar-refractivity contribution >= 4 is 58.6 Å². The largest absolute Gasteiger partial charge is 0.497 e. The molecule has 29 heavy (non-hydrogen) atoms. The predicted octanol–water partition coefficient (Wildman–Crippen LogP) is 2.13. The quantitative estimate of drug-likeness (QED) is 0.327. The normalized spacial score (nSPS) is 16.7. The minimum absolute atomic E-state index is 0.0487. The average Bonchev–Trinajstić information content (AvgIpc) is 2.71. The van der Waals surface area contributed by atoms with Gasteiger partial charge in [0.05, 0.1) is 12.8 Å². The van der Waals surface area contributed by atoms with Crippen LogP contribution in [-0.4, -0.2) is 36.2 Å². The summed E-state index contributed by atoms with van der Waals surface area (Å²) in [7, 11) is 1.49. The van der Waals surface area contributed by atoms with Crippen LogP contribution in [0.5, 0.6) is 5.75 Å². The third-order valence-corrected chi connectivity index (χ3v) is 4.55. The summed E-state index contributed by atoms with van der Waals surface area (Å²) in [6.07, 6.45) is 1.06. The van der Waals surface area contributed by atoms with Crippen LogP contribution in [0.2, 0.25) is 5.02 Å². The summed E-state index contributed by atoms with van der Waals surface area (Å²) in [6.45, 7) is 0. The number of nitrogens with one attached hydrogen (secondary N) is 2. The van der Waals surface area contributed by atoms with E-state index in [2.05, 4.69) is 15.8 Å². The smallest absolute Gasteiger partial charge is 0.271 e. The number of rotatable bonds is 5. The zero-order chi connectivity index (χ0) is 21.0. The first kappa shape index (κ1) is 20.4. The lowest BCUT2D eigenvalue weighted by molar-refractivity contribution is -0.130. The summed E-state index contributed by atoms with van der Waals surface area (Å²) in [6, 6.07) is 12.9. The second-order valence-corrected chi connectivity index (χ2v) is 6.70. The third-order valence-electron chi connectivity index (χ3n) is 4.01. The van der Waals surface area contributed by atoms with Gasteiger partial charge in [-0.15, -0.1) is 0 Å². The highest BCUT2D eigenvalue weighted by atomic mass is 35.5. The molecule has 1 atom stereocenters. The van der Waals surface area contributed by atoms with Gasteiger partial charge in [0.25, 0.3) is 11.8 Å². The SMILES string of the molecule is COc1cccc(C(=O)N/N=C\[C@H]2C(=O)NC(=S)N(c3ccc(Cl)cc3)C2=O)c1. The second kappa shape index (κ2) is 8.80. The number of amides is 3. The number of methoxy groups -OCH3 is 1. The zero-order valence-corrected chi connectivity index (χ0v) is 16.7. The molecule has 0 radical (unpaired) electrons. The van der Waals surface area contributed by atoms with Gasteiger partial charge in [-0.25, -0.2) is 5.43 Å².